The molecular weight excluding hydrogens is 408 g/mol. The molecule has 0 bridgehead atoms. The molecule has 21 heavy (non-hydrogen) atoms. The third-order valence-corrected chi connectivity index (χ3v) is 4.40. The van der Waals surface area contributed by atoms with Gasteiger partial charge in [-0.15, -0.1) is 0 Å². The van der Waals surface area contributed by atoms with Gasteiger partial charge in [-0.1, -0.05) is 6.07 Å². The van der Waals surface area contributed by atoms with Gasteiger partial charge in [0.25, 0.3) is 0 Å². The van der Waals surface area contributed by atoms with E-state index in [1.54, 1.807) is 11.8 Å². The van der Waals surface area contributed by atoms with Gasteiger partial charge < -0.3 is 20.1 Å². The zero-order chi connectivity index (χ0) is 15.6. The van der Waals surface area contributed by atoms with Crippen LogP contribution in [0.15, 0.2) is 27.1 Å². The normalized spacial score (nSPS) is 16.2. The number of amides is 2. The molecule has 2 rings (SSSR count). The number of ether oxygens (including phenoxy) is 1. The van der Waals surface area contributed by atoms with Gasteiger partial charge in [0.15, 0.2) is 0 Å². The van der Waals surface area contributed by atoms with Crippen molar-refractivity contribution in [3.63, 3.8) is 0 Å². The molecule has 8 heteroatoms. The van der Waals surface area contributed by atoms with Crippen molar-refractivity contribution in [2.45, 2.75) is 12.5 Å². The molecule has 1 aromatic carbocycles. The monoisotopic (exact) mass is 420 g/mol. The van der Waals surface area contributed by atoms with Crippen LogP contribution >= 0.6 is 31.9 Å². The van der Waals surface area contributed by atoms with Crippen LogP contribution in [-0.4, -0.2) is 47.3 Å². The van der Waals surface area contributed by atoms with Gasteiger partial charge in [-0.2, -0.15) is 0 Å². The number of aliphatic carboxylic acids is 1. The number of para-hydroxylation sites is 1. The SMILES string of the molecule is CC1(OCC(=O)O)CN(C(=O)Nc2c(Br)cccc2Br)C1. The molecule has 0 radical (unpaired) electrons. The molecule has 1 saturated heterocycles. The van der Waals surface area contributed by atoms with Gasteiger partial charge in [0.2, 0.25) is 0 Å². The van der Waals surface area contributed by atoms with Crippen LogP contribution in [0, 0.1) is 0 Å². The number of nitrogens with one attached hydrogen (secondary N) is 1. The van der Waals surface area contributed by atoms with E-state index in [-0.39, 0.29) is 12.6 Å². The van der Waals surface area contributed by atoms with Gasteiger partial charge >= 0.3 is 12.0 Å². The molecule has 0 aromatic heterocycles. The Hall–Kier alpha value is -1.12. The van der Waals surface area contributed by atoms with E-state index in [2.05, 4.69) is 37.2 Å². The molecule has 1 fully saturated rings. The van der Waals surface area contributed by atoms with Crippen LogP contribution in [0.25, 0.3) is 0 Å². The Morgan fingerprint density at radius 2 is 1.95 bits per heavy atom. The number of carboxylic acid groups (broad SMARTS) is 1. The summed E-state index contributed by atoms with van der Waals surface area (Å²) >= 11 is 6.75. The quantitative estimate of drug-likeness (QED) is 0.783. The molecule has 0 spiro atoms. The lowest BCUT2D eigenvalue weighted by atomic mass is 9.97. The second-order valence-electron chi connectivity index (χ2n) is 5.02. The number of anilines is 1. The van der Waals surface area contributed by atoms with Crippen molar-refractivity contribution in [2.24, 2.45) is 0 Å². The summed E-state index contributed by atoms with van der Waals surface area (Å²) < 4.78 is 6.81. The topological polar surface area (TPSA) is 78.9 Å². The van der Waals surface area contributed by atoms with Gasteiger partial charge in [-0.3, -0.25) is 0 Å². The molecule has 1 heterocycles. The molecule has 1 aromatic rings. The number of nitrogens with zero attached hydrogens (tertiary/aromatic N) is 1. The average Bonchev–Trinajstić information content (AvgIpc) is 2.37. The number of halogens is 2. The molecule has 6 nitrogen and oxygen atoms in total. The van der Waals surface area contributed by atoms with E-state index in [0.717, 1.165) is 8.95 Å². The average molecular weight is 422 g/mol. The molecule has 2 amide bonds. The van der Waals surface area contributed by atoms with Crippen LogP contribution in [0.2, 0.25) is 0 Å². The first-order valence-corrected chi connectivity index (χ1v) is 7.75. The Bertz CT molecular complexity index is 553. The Kier molecular flexibility index (Phi) is 4.90. The molecule has 1 aliphatic heterocycles. The first-order chi connectivity index (χ1) is 9.81. The van der Waals surface area contributed by atoms with Gasteiger partial charge in [0.05, 0.1) is 18.8 Å². The number of carboxylic acids is 1. The highest BCUT2D eigenvalue weighted by atomic mass is 79.9. The highest BCUT2D eigenvalue weighted by Gasteiger charge is 2.43. The van der Waals surface area contributed by atoms with E-state index in [1.165, 1.54) is 0 Å². The van der Waals surface area contributed by atoms with Crippen molar-refractivity contribution in [1.82, 2.24) is 4.90 Å². The van der Waals surface area contributed by atoms with E-state index in [4.69, 9.17) is 9.84 Å². The van der Waals surface area contributed by atoms with Crippen LogP contribution in [0.5, 0.6) is 0 Å². The molecule has 0 aliphatic carbocycles. The fourth-order valence-corrected chi connectivity index (χ4v) is 3.23. The van der Waals surface area contributed by atoms with Crippen LogP contribution in [0.1, 0.15) is 6.92 Å². The van der Waals surface area contributed by atoms with Gasteiger partial charge in [0.1, 0.15) is 12.2 Å². The number of hydrogen-bond acceptors (Lipinski definition) is 3. The lowest BCUT2D eigenvalue weighted by Crippen LogP contribution is -2.64. The number of carbonyl (C=O) groups excluding carboxylic acids is 1. The molecular formula is C13H14Br2N2O4. The van der Waals surface area contributed by atoms with E-state index in [9.17, 15) is 9.59 Å². The zero-order valence-electron chi connectivity index (χ0n) is 11.2. The van der Waals surface area contributed by atoms with Crippen molar-refractivity contribution in [3.8, 4) is 0 Å². The molecule has 114 valence electrons. The van der Waals surface area contributed by atoms with Crippen LogP contribution in [0.3, 0.4) is 0 Å². The molecule has 0 unspecified atom stereocenters. The summed E-state index contributed by atoms with van der Waals surface area (Å²) in [6, 6.07) is 5.26. The maximum Gasteiger partial charge on any atom is 0.329 e. The van der Waals surface area contributed by atoms with Crippen LogP contribution < -0.4 is 5.32 Å². The molecule has 0 atom stereocenters. The summed E-state index contributed by atoms with van der Waals surface area (Å²) in [5, 5.41) is 11.4. The predicted octanol–water partition coefficient (Wildman–Crippen LogP) is 2.92. The summed E-state index contributed by atoms with van der Waals surface area (Å²) in [6.45, 7) is 2.14. The Morgan fingerprint density at radius 1 is 1.38 bits per heavy atom. The number of likely N-dealkylation sites (tertiary alicyclic amines) is 1. The van der Waals surface area contributed by atoms with E-state index in [0.29, 0.717) is 18.8 Å². The fraction of sp³-hybridized carbons (Fsp3) is 0.385. The van der Waals surface area contributed by atoms with Crippen LogP contribution in [0.4, 0.5) is 10.5 Å². The summed E-state index contributed by atoms with van der Waals surface area (Å²) in [5.74, 6) is -1.02. The highest BCUT2D eigenvalue weighted by Crippen LogP contribution is 2.32. The summed E-state index contributed by atoms with van der Waals surface area (Å²) in [5.41, 5.74) is 0.0588. The van der Waals surface area contributed by atoms with Crippen molar-refractivity contribution >= 4 is 49.5 Å². The van der Waals surface area contributed by atoms with Gasteiger partial charge in [0, 0.05) is 8.95 Å². The van der Waals surface area contributed by atoms with Crippen molar-refractivity contribution in [3.05, 3.63) is 27.1 Å². The van der Waals surface area contributed by atoms with Crippen molar-refractivity contribution in [2.75, 3.05) is 25.0 Å². The maximum atomic E-state index is 12.1. The lowest BCUT2D eigenvalue weighted by Gasteiger charge is -2.47. The first kappa shape index (κ1) is 16.3. The zero-order valence-corrected chi connectivity index (χ0v) is 14.4. The van der Waals surface area contributed by atoms with E-state index < -0.39 is 11.6 Å². The van der Waals surface area contributed by atoms with E-state index >= 15 is 0 Å². The second-order valence-corrected chi connectivity index (χ2v) is 6.72. The number of rotatable bonds is 4. The van der Waals surface area contributed by atoms with Crippen LogP contribution in [-0.2, 0) is 9.53 Å². The minimum Gasteiger partial charge on any atom is -0.480 e. The van der Waals surface area contributed by atoms with Crippen molar-refractivity contribution < 1.29 is 19.4 Å². The number of hydrogen-bond donors (Lipinski definition) is 2. The minimum absolute atomic E-state index is 0.251. The Balaban J connectivity index is 1.91. The standard InChI is InChI=1S/C13H14Br2N2O4/c1-13(21-5-10(18)19)6-17(7-13)12(20)16-11-8(14)3-2-4-9(11)15/h2-4H,5-7H2,1H3,(H,16,20)(H,18,19). The highest BCUT2D eigenvalue weighted by molar-refractivity contribution is 9.11. The molecule has 2 N–H and O–H groups in total. The summed E-state index contributed by atoms with van der Waals surface area (Å²) in [4.78, 5) is 24.2. The maximum absolute atomic E-state index is 12.1. The summed E-state index contributed by atoms with van der Waals surface area (Å²) in [6.07, 6.45) is 0. The minimum atomic E-state index is -1.02. The van der Waals surface area contributed by atoms with Crippen molar-refractivity contribution in [1.29, 1.82) is 0 Å². The smallest absolute Gasteiger partial charge is 0.329 e. The molecule has 0 saturated carbocycles. The number of urea groups is 1. The third-order valence-electron chi connectivity index (χ3n) is 3.08. The number of carbonyl (C=O) groups is 2. The third kappa shape index (κ3) is 3.96. The fourth-order valence-electron chi connectivity index (χ4n) is 2.04. The largest absolute Gasteiger partial charge is 0.480 e. The van der Waals surface area contributed by atoms with E-state index in [1.807, 2.05) is 18.2 Å². The lowest BCUT2D eigenvalue weighted by molar-refractivity contribution is -0.159. The molecule has 1 aliphatic rings. The second kappa shape index (κ2) is 6.33. The first-order valence-electron chi connectivity index (χ1n) is 6.16. The Morgan fingerprint density at radius 3 is 2.48 bits per heavy atom. The number of benzene rings is 1. The van der Waals surface area contributed by atoms with Gasteiger partial charge in [-0.25, -0.2) is 9.59 Å². The van der Waals surface area contributed by atoms with Gasteiger partial charge in [-0.05, 0) is 50.9 Å². The summed E-state index contributed by atoms with van der Waals surface area (Å²) in [7, 11) is 0. The predicted molar refractivity (Wildman–Crippen MR) is 84.4 cm³/mol. The Labute approximate surface area is 138 Å².